The van der Waals surface area contributed by atoms with Crippen LogP contribution in [0.25, 0.3) is 0 Å². The molecule has 1 aliphatic heterocycles. The standard InChI is InChI=1S/C19H22N2OS/c1-20(2)17-10-8-16(9-11-17)19-21(18(22)12-13-23-19)14-15-6-4-3-5-7-15/h3-11,19H,12-14H2,1-2H3. The first kappa shape index (κ1) is 15.9. The smallest absolute Gasteiger partial charge is 0.224 e. The Balaban J connectivity index is 1.84. The highest BCUT2D eigenvalue weighted by Gasteiger charge is 2.29. The van der Waals surface area contributed by atoms with Gasteiger partial charge in [-0.1, -0.05) is 42.5 Å². The van der Waals surface area contributed by atoms with Crippen LogP contribution in [-0.4, -0.2) is 30.7 Å². The quantitative estimate of drug-likeness (QED) is 0.851. The Morgan fingerprint density at radius 3 is 2.43 bits per heavy atom. The van der Waals surface area contributed by atoms with Crippen LogP contribution in [0.4, 0.5) is 5.69 Å². The average Bonchev–Trinajstić information content (AvgIpc) is 2.58. The van der Waals surface area contributed by atoms with Crippen molar-refractivity contribution in [1.29, 1.82) is 0 Å². The first-order valence-corrected chi connectivity index (χ1v) is 8.92. The Labute approximate surface area is 142 Å². The lowest BCUT2D eigenvalue weighted by molar-refractivity contribution is -0.132. The van der Waals surface area contributed by atoms with Crippen LogP contribution in [0.3, 0.4) is 0 Å². The molecule has 3 nitrogen and oxygen atoms in total. The third-order valence-electron chi connectivity index (χ3n) is 4.09. The van der Waals surface area contributed by atoms with Gasteiger partial charge in [0.05, 0.1) is 0 Å². The van der Waals surface area contributed by atoms with Crippen molar-refractivity contribution in [3.63, 3.8) is 0 Å². The SMILES string of the molecule is CN(C)c1ccc(C2SCCC(=O)N2Cc2ccccc2)cc1. The van der Waals surface area contributed by atoms with Crippen molar-refractivity contribution in [2.75, 3.05) is 24.7 Å². The minimum atomic E-state index is 0.104. The molecule has 0 bridgehead atoms. The molecule has 0 aromatic heterocycles. The van der Waals surface area contributed by atoms with E-state index in [9.17, 15) is 4.79 Å². The van der Waals surface area contributed by atoms with E-state index in [-0.39, 0.29) is 11.3 Å². The summed E-state index contributed by atoms with van der Waals surface area (Å²) >= 11 is 1.85. The minimum Gasteiger partial charge on any atom is -0.378 e. The van der Waals surface area contributed by atoms with Crippen molar-refractivity contribution < 1.29 is 4.79 Å². The maximum Gasteiger partial charge on any atom is 0.224 e. The van der Waals surface area contributed by atoms with Crippen LogP contribution in [0.5, 0.6) is 0 Å². The molecule has 0 saturated carbocycles. The molecule has 120 valence electrons. The van der Waals surface area contributed by atoms with Crippen molar-refractivity contribution in [2.24, 2.45) is 0 Å². The molecule has 1 fully saturated rings. The number of hydrogen-bond acceptors (Lipinski definition) is 3. The van der Waals surface area contributed by atoms with Crippen LogP contribution in [0.2, 0.25) is 0 Å². The summed E-state index contributed by atoms with van der Waals surface area (Å²) < 4.78 is 0. The van der Waals surface area contributed by atoms with Crippen molar-refractivity contribution in [3.8, 4) is 0 Å². The molecule has 1 atom stereocenters. The molecule has 1 heterocycles. The molecular weight excluding hydrogens is 304 g/mol. The molecule has 0 spiro atoms. The van der Waals surface area contributed by atoms with Gasteiger partial charge in [0.1, 0.15) is 5.37 Å². The lowest BCUT2D eigenvalue weighted by Crippen LogP contribution is -2.36. The summed E-state index contributed by atoms with van der Waals surface area (Å²) in [6.45, 7) is 0.673. The van der Waals surface area contributed by atoms with Crippen LogP contribution in [0.1, 0.15) is 22.9 Å². The molecule has 3 rings (SSSR count). The fourth-order valence-electron chi connectivity index (χ4n) is 2.79. The van der Waals surface area contributed by atoms with Gasteiger partial charge in [0.2, 0.25) is 5.91 Å². The summed E-state index contributed by atoms with van der Waals surface area (Å²) in [5, 5.41) is 0.104. The van der Waals surface area contributed by atoms with Crippen LogP contribution in [0, 0.1) is 0 Å². The molecular formula is C19H22N2OS. The minimum absolute atomic E-state index is 0.104. The normalized spacial score (nSPS) is 18.1. The van der Waals surface area contributed by atoms with E-state index in [0.717, 1.165) is 5.75 Å². The van der Waals surface area contributed by atoms with Gasteiger partial charge in [-0.2, -0.15) is 0 Å². The average molecular weight is 326 g/mol. The number of hydrogen-bond donors (Lipinski definition) is 0. The highest BCUT2D eigenvalue weighted by atomic mass is 32.2. The van der Waals surface area contributed by atoms with Crippen molar-refractivity contribution in [2.45, 2.75) is 18.3 Å². The van der Waals surface area contributed by atoms with E-state index >= 15 is 0 Å². The van der Waals surface area contributed by atoms with E-state index in [0.29, 0.717) is 13.0 Å². The Kier molecular flexibility index (Phi) is 4.91. The molecule has 4 heteroatoms. The fraction of sp³-hybridized carbons (Fsp3) is 0.316. The maximum absolute atomic E-state index is 12.5. The molecule has 23 heavy (non-hydrogen) atoms. The summed E-state index contributed by atoms with van der Waals surface area (Å²) in [5.41, 5.74) is 3.55. The predicted molar refractivity (Wildman–Crippen MR) is 97.6 cm³/mol. The first-order chi connectivity index (χ1) is 11.1. The van der Waals surface area contributed by atoms with Crippen LogP contribution in [0.15, 0.2) is 54.6 Å². The largest absolute Gasteiger partial charge is 0.378 e. The van der Waals surface area contributed by atoms with Crippen molar-refractivity contribution in [1.82, 2.24) is 4.90 Å². The topological polar surface area (TPSA) is 23.6 Å². The number of rotatable bonds is 4. The summed E-state index contributed by atoms with van der Waals surface area (Å²) in [6, 6.07) is 18.7. The molecule has 1 saturated heterocycles. The monoisotopic (exact) mass is 326 g/mol. The molecule has 0 N–H and O–H groups in total. The third kappa shape index (κ3) is 3.70. The Bertz CT molecular complexity index is 655. The van der Waals surface area contributed by atoms with Gasteiger partial charge in [-0.15, -0.1) is 11.8 Å². The van der Waals surface area contributed by atoms with Gasteiger partial charge in [-0.05, 0) is 23.3 Å². The number of thioether (sulfide) groups is 1. The van der Waals surface area contributed by atoms with E-state index in [1.165, 1.54) is 16.8 Å². The lowest BCUT2D eigenvalue weighted by atomic mass is 10.1. The van der Waals surface area contributed by atoms with E-state index in [1.54, 1.807) is 0 Å². The molecule has 0 aliphatic carbocycles. The zero-order valence-electron chi connectivity index (χ0n) is 13.6. The predicted octanol–water partition coefficient (Wildman–Crippen LogP) is 3.92. The van der Waals surface area contributed by atoms with Gasteiger partial charge in [0, 0.05) is 38.5 Å². The van der Waals surface area contributed by atoms with Crippen LogP contribution in [-0.2, 0) is 11.3 Å². The second-order valence-corrected chi connectivity index (χ2v) is 7.15. The zero-order valence-corrected chi connectivity index (χ0v) is 14.4. The Morgan fingerprint density at radius 2 is 1.78 bits per heavy atom. The Hall–Kier alpha value is -1.94. The van der Waals surface area contributed by atoms with E-state index in [4.69, 9.17) is 0 Å². The molecule has 1 aliphatic rings. The van der Waals surface area contributed by atoms with Gasteiger partial charge in [0.15, 0.2) is 0 Å². The number of nitrogens with zero attached hydrogens (tertiary/aromatic N) is 2. The zero-order chi connectivity index (χ0) is 16.2. The maximum atomic E-state index is 12.5. The van der Waals surface area contributed by atoms with Gasteiger partial charge >= 0.3 is 0 Å². The molecule has 2 aromatic rings. The number of benzene rings is 2. The van der Waals surface area contributed by atoms with E-state index in [2.05, 4.69) is 41.3 Å². The van der Waals surface area contributed by atoms with Gasteiger partial charge < -0.3 is 9.80 Å². The number of amides is 1. The van der Waals surface area contributed by atoms with Crippen molar-refractivity contribution in [3.05, 3.63) is 65.7 Å². The summed E-state index contributed by atoms with van der Waals surface area (Å²) in [5.74, 6) is 1.14. The molecule has 0 radical (unpaired) electrons. The summed E-state index contributed by atoms with van der Waals surface area (Å²) in [4.78, 5) is 16.6. The summed E-state index contributed by atoms with van der Waals surface area (Å²) in [7, 11) is 4.07. The Morgan fingerprint density at radius 1 is 1.09 bits per heavy atom. The fourth-order valence-corrected chi connectivity index (χ4v) is 4.02. The first-order valence-electron chi connectivity index (χ1n) is 7.87. The van der Waals surface area contributed by atoms with Crippen LogP contribution < -0.4 is 4.90 Å². The number of carbonyl (C=O) groups excluding carboxylic acids is 1. The highest BCUT2D eigenvalue weighted by Crippen LogP contribution is 2.38. The van der Waals surface area contributed by atoms with Gasteiger partial charge in [-0.25, -0.2) is 0 Å². The molecule has 1 unspecified atom stereocenters. The van der Waals surface area contributed by atoms with Gasteiger partial charge in [0.25, 0.3) is 0 Å². The number of carbonyl (C=O) groups is 1. The highest BCUT2D eigenvalue weighted by molar-refractivity contribution is 7.99. The van der Waals surface area contributed by atoms with Crippen molar-refractivity contribution >= 4 is 23.4 Å². The van der Waals surface area contributed by atoms with Gasteiger partial charge in [-0.3, -0.25) is 4.79 Å². The van der Waals surface area contributed by atoms with Crippen LogP contribution >= 0.6 is 11.8 Å². The second kappa shape index (κ2) is 7.09. The number of anilines is 1. The lowest BCUT2D eigenvalue weighted by Gasteiger charge is -2.35. The van der Waals surface area contributed by atoms with E-state index in [1.807, 2.05) is 49.0 Å². The molecule has 2 aromatic carbocycles. The molecule has 1 amide bonds. The summed E-state index contributed by atoms with van der Waals surface area (Å²) in [6.07, 6.45) is 0.629. The third-order valence-corrected chi connectivity index (χ3v) is 5.37. The second-order valence-electron chi connectivity index (χ2n) is 5.97. The van der Waals surface area contributed by atoms with E-state index < -0.39 is 0 Å².